The molecule has 0 bridgehead atoms. The molecule has 2 saturated heterocycles. The quantitative estimate of drug-likeness (QED) is 0.806. The molecule has 9 heteroatoms. The average Bonchev–Trinajstić information content (AvgIpc) is 3.49. The Kier molecular flexibility index (Phi) is 5.12. The highest BCUT2D eigenvalue weighted by Gasteiger charge is 2.34. The van der Waals surface area contributed by atoms with Crippen molar-refractivity contribution in [1.29, 1.82) is 0 Å². The van der Waals surface area contributed by atoms with Crippen LogP contribution in [-0.4, -0.2) is 82.2 Å². The molecule has 5 heterocycles. The second-order valence-corrected chi connectivity index (χ2v) is 8.03. The smallest absolute Gasteiger partial charge is 0.274 e. The molecule has 5 rings (SSSR count). The van der Waals surface area contributed by atoms with E-state index in [1.165, 1.54) is 0 Å². The topological polar surface area (TPSA) is 94.7 Å². The zero-order valence-electron chi connectivity index (χ0n) is 16.9. The molecule has 9 nitrogen and oxygen atoms in total. The lowest BCUT2D eigenvalue weighted by molar-refractivity contribution is -0.141. The van der Waals surface area contributed by atoms with Gasteiger partial charge in [-0.15, -0.1) is 0 Å². The van der Waals surface area contributed by atoms with Gasteiger partial charge in [-0.1, -0.05) is 0 Å². The first-order chi connectivity index (χ1) is 14.7. The van der Waals surface area contributed by atoms with E-state index in [0.29, 0.717) is 44.9 Å². The Labute approximate surface area is 175 Å². The fourth-order valence-corrected chi connectivity index (χ4v) is 4.53. The second-order valence-electron chi connectivity index (χ2n) is 8.03. The third-order valence-electron chi connectivity index (χ3n) is 6.25. The number of nitrogens with one attached hydrogen (secondary N) is 1. The molecule has 1 atom stereocenters. The molecule has 0 aromatic carbocycles. The molecule has 2 fully saturated rings. The van der Waals surface area contributed by atoms with Gasteiger partial charge in [-0.05, 0) is 31.4 Å². The van der Waals surface area contributed by atoms with Crippen LogP contribution in [0.25, 0.3) is 0 Å². The Morgan fingerprint density at radius 3 is 2.60 bits per heavy atom. The van der Waals surface area contributed by atoms with Crippen molar-refractivity contribution >= 4 is 17.5 Å². The molecular weight excluding hydrogens is 384 g/mol. The van der Waals surface area contributed by atoms with Gasteiger partial charge < -0.3 is 19.4 Å². The summed E-state index contributed by atoms with van der Waals surface area (Å²) in [4.78, 5) is 35.8. The second kappa shape index (κ2) is 8.06. The molecule has 158 valence electrons. The van der Waals surface area contributed by atoms with E-state index in [9.17, 15) is 9.59 Å². The number of ether oxygens (including phenoxy) is 1. The molecule has 0 spiro atoms. The Morgan fingerprint density at radius 2 is 1.87 bits per heavy atom. The van der Waals surface area contributed by atoms with Crippen LogP contribution in [0.2, 0.25) is 0 Å². The highest BCUT2D eigenvalue weighted by Crippen LogP contribution is 2.24. The van der Waals surface area contributed by atoms with E-state index in [0.717, 1.165) is 42.9 Å². The average molecular weight is 410 g/mol. The van der Waals surface area contributed by atoms with Crippen LogP contribution in [0.3, 0.4) is 0 Å². The van der Waals surface area contributed by atoms with Crippen LogP contribution in [-0.2, 0) is 22.5 Å². The van der Waals surface area contributed by atoms with Crippen LogP contribution in [0.1, 0.15) is 34.6 Å². The number of rotatable bonds is 3. The molecule has 2 aromatic heterocycles. The van der Waals surface area contributed by atoms with Crippen molar-refractivity contribution < 1.29 is 14.3 Å². The Hall–Kier alpha value is -2.94. The van der Waals surface area contributed by atoms with E-state index in [4.69, 9.17) is 4.74 Å². The SMILES string of the molecule is O=C(c1n[nH]c2c1CCN(C(=O)[C@H]1CCCO1)C2)N1CCN(c2ccncc2)CC1. The third-order valence-corrected chi connectivity index (χ3v) is 6.25. The number of aromatic nitrogens is 3. The molecule has 0 radical (unpaired) electrons. The van der Waals surface area contributed by atoms with Crippen molar-refractivity contribution in [3.05, 3.63) is 41.5 Å². The van der Waals surface area contributed by atoms with Crippen molar-refractivity contribution in [3.63, 3.8) is 0 Å². The Morgan fingerprint density at radius 1 is 1.07 bits per heavy atom. The molecule has 2 aromatic rings. The number of anilines is 1. The maximum atomic E-state index is 13.1. The number of pyridine rings is 1. The number of H-pyrrole nitrogens is 1. The fraction of sp³-hybridized carbons (Fsp3) is 0.524. The molecule has 3 aliphatic heterocycles. The lowest BCUT2D eigenvalue weighted by Crippen LogP contribution is -2.49. The van der Waals surface area contributed by atoms with Crippen molar-refractivity contribution in [2.45, 2.75) is 31.9 Å². The van der Waals surface area contributed by atoms with E-state index < -0.39 is 0 Å². The van der Waals surface area contributed by atoms with E-state index in [1.54, 1.807) is 12.4 Å². The number of fused-ring (bicyclic) bond motifs is 1. The van der Waals surface area contributed by atoms with E-state index in [1.807, 2.05) is 21.9 Å². The Balaban J connectivity index is 1.22. The van der Waals surface area contributed by atoms with Crippen LogP contribution >= 0.6 is 0 Å². The van der Waals surface area contributed by atoms with Crippen molar-refractivity contribution in [2.75, 3.05) is 44.2 Å². The maximum Gasteiger partial charge on any atom is 0.274 e. The van der Waals surface area contributed by atoms with Gasteiger partial charge in [0, 0.05) is 63.0 Å². The molecule has 0 saturated carbocycles. The minimum atomic E-state index is -0.313. The van der Waals surface area contributed by atoms with Gasteiger partial charge in [-0.3, -0.25) is 19.7 Å². The fourth-order valence-electron chi connectivity index (χ4n) is 4.53. The summed E-state index contributed by atoms with van der Waals surface area (Å²) in [6.07, 6.45) is 5.63. The number of amides is 2. The normalized spacial score (nSPS) is 21.6. The monoisotopic (exact) mass is 410 g/mol. The summed E-state index contributed by atoms with van der Waals surface area (Å²) in [6, 6.07) is 3.98. The standard InChI is InChI=1S/C21H26N6O3/c28-20(18-2-1-13-30-18)27-8-5-16-17(14-27)23-24-19(16)21(29)26-11-9-25(10-12-26)15-3-6-22-7-4-15/h3-4,6-7,18H,1-2,5,8-14H2,(H,23,24)/t18-/m1/s1. The molecule has 0 aliphatic carbocycles. The minimum Gasteiger partial charge on any atom is -0.368 e. The lowest BCUT2D eigenvalue weighted by Gasteiger charge is -2.36. The third kappa shape index (κ3) is 3.54. The maximum absolute atomic E-state index is 13.1. The highest BCUT2D eigenvalue weighted by molar-refractivity contribution is 5.94. The summed E-state index contributed by atoms with van der Waals surface area (Å²) in [5, 5.41) is 7.34. The number of hydrogen-bond acceptors (Lipinski definition) is 6. The van der Waals surface area contributed by atoms with Crippen LogP contribution in [0.4, 0.5) is 5.69 Å². The Bertz CT molecular complexity index is 916. The van der Waals surface area contributed by atoms with Gasteiger partial charge in [0.25, 0.3) is 11.8 Å². The molecule has 2 amide bonds. The van der Waals surface area contributed by atoms with Gasteiger partial charge in [-0.25, -0.2) is 0 Å². The summed E-state index contributed by atoms with van der Waals surface area (Å²) in [6.45, 7) is 4.61. The number of hydrogen-bond donors (Lipinski definition) is 1. The van der Waals surface area contributed by atoms with Gasteiger partial charge in [0.15, 0.2) is 5.69 Å². The van der Waals surface area contributed by atoms with Crippen molar-refractivity contribution in [2.24, 2.45) is 0 Å². The van der Waals surface area contributed by atoms with Crippen LogP contribution in [0.5, 0.6) is 0 Å². The zero-order valence-corrected chi connectivity index (χ0v) is 16.9. The lowest BCUT2D eigenvalue weighted by atomic mass is 10.0. The predicted octanol–water partition coefficient (Wildman–Crippen LogP) is 0.831. The summed E-state index contributed by atoms with van der Waals surface area (Å²) < 4.78 is 5.53. The van der Waals surface area contributed by atoms with Crippen molar-refractivity contribution in [3.8, 4) is 0 Å². The summed E-state index contributed by atoms with van der Waals surface area (Å²) >= 11 is 0. The van der Waals surface area contributed by atoms with Gasteiger partial charge in [-0.2, -0.15) is 5.10 Å². The molecular formula is C21H26N6O3. The van der Waals surface area contributed by atoms with Gasteiger partial charge in [0.1, 0.15) is 6.10 Å². The van der Waals surface area contributed by atoms with E-state index in [2.05, 4.69) is 20.1 Å². The van der Waals surface area contributed by atoms with Gasteiger partial charge in [0.2, 0.25) is 0 Å². The van der Waals surface area contributed by atoms with Crippen molar-refractivity contribution in [1.82, 2.24) is 25.0 Å². The first kappa shape index (κ1) is 19.0. The van der Waals surface area contributed by atoms with E-state index in [-0.39, 0.29) is 17.9 Å². The van der Waals surface area contributed by atoms with Gasteiger partial charge in [0.05, 0.1) is 12.2 Å². The highest BCUT2D eigenvalue weighted by atomic mass is 16.5. The molecule has 30 heavy (non-hydrogen) atoms. The number of piperazine rings is 1. The summed E-state index contributed by atoms with van der Waals surface area (Å²) in [7, 11) is 0. The predicted molar refractivity (Wildman–Crippen MR) is 109 cm³/mol. The zero-order chi connectivity index (χ0) is 20.5. The first-order valence-electron chi connectivity index (χ1n) is 10.6. The molecule has 3 aliphatic rings. The van der Waals surface area contributed by atoms with Gasteiger partial charge >= 0.3 is 0 Å². The largest absolute Gasteiger partial charge is 0.368 e. The number of nitrogens with zero attached hydrogens (tertiary/aromatic N) is 5. The number of aromatic amines is 1. The van der Waals surface area contributed by atoms with Crippen LogP contribution < -0.4 is 4.90 Å². The minimum absolute atomic E-state index is 0.0271. The number of carbonyl (C=O) groups is 2. The first-order valence-corrected chi connectivity index (χ1v) is 10.6. The molecule has 0 unspecified atom stereocenters. The summed E-state index contributed by atoms with van der Waals surface area (Å²) in [5.74, 6) is 0.0219. The van der Waals surface area contributed by atoms with Crippen LogP contribution in [0.15, 0.2) is 24.5 Å². The summed E-state index contributed by atoms with van der Waals surface area (Å²) in [5.41, 5.74) is 3.45. The van der Waals surface area contributed by atoms with E-state index >= 15 is 0 Å². The van der Waals surface area contributed by atoms with Crippen LogP contribution in [0, 0.1) is 0 Å². The number of carbonyl (C=O) groups excluding carboxylic acids is 2. The molecule has 1 N–H and O–H groups in total.